The molecule has 0 saturated heterocycles. The molecule has 142 valence electrons. The number of carbonyl (C=O) groups is 2. The number of hydrogen-bond acceptors (Lipinski definition) is 3. The minimum absolute atomic E-state index is 0.0355. The van der Waals surface area contributed by atoms with E-state index in [-0.39, 0.29) is 5.91 Å². The molecule has 1 saturated carbocycles. The number of anilines is 1. The third-order valence-corrected chi connectivity index (χ3v) is 5.55. The Morgan fingerprint density at radius 1 is 1.04 bits per heavy atom. The molecule has 2 aromatic rings. The number of carbonyl (C=O) groups excluding carboxylic acids is 2. The van der Waals surface area contributed by atoms with Gasteiger partial charge in [0, 0.05) is 11.3 Å². The van der Waals surface area contributed by atoms with Gasteiger partial charge in [-0.3, -0.25) is 9.59 Å². The summed E-state index contributed by atoms with van der Waals surface area (Å²) in [5.74, 6) is 0.243. The van der Waals surface area contributed by atoms with Gasteiger partial charge in [-0.05, 0) is 55.2 Å². The van der Waals surface area contributed by atoms with Crippen molar-refractivity contribution in [3.8, 4) is 5.75 Å². The van der Waals surface area contributed by atoms with Crippen molar-refractivity contribution in [2.45, 2.75) is 44.4 Å². The van der Waals surface area contributed by atoms with Crippen LogP contribution in [0.4, 0.5) is 5.69 Å². The van der Waals surface area contributed by atoms with E-state index in [1.165, 1.54) is 0 Å². The first-order valence-corrected chi connectivity index (χ1v) is 9.33. The van der Waals surface area contributed by atoms with Crippen molar-refractivity contribution in [1.29, 1.82) is 0 Å². The summed E-state index contributed by atoms with van der Waals surface area (Å²) in [6, 6.07) is 13.0. The predicted octanol–water partition coefficient (Wildman–Crippen LogP) is 3.94. The molecule has 1 fully saturated rings. The Morgan fingerprint density at radius 3 is 2.30 bits per heavy atom. The number of primary amides is 1. The topological polar surface area (TPSA) is 81.4 Å². The number of aryl methyl sites for hydroxylation is 1. The predicted molar refractivity (Wildman–Crippen MR) is 106 cm³/mol. The van der Waals surface area contributed by atoms with Crippen LogP contribution in [0.25, 0.3) is 0 Å². The number of amides is 2. The molecule has 27 heavy (non-hydrogen) atoms. The first kappa shape index (κ1) is 19.0. The van der Waals surface area contributed by atoms with E-state index in [1.807, 2.05) is 37.3 Å². The number of nitrogens with two attached hydrogens (primary N) is 1. The second kappa shape index (κ2) is 7.82. The lowest BCUT2D eigenvalue weighted by atomic mass is 9.68. The maximum absolute atomic E-state index is 13.4. The van der Waals surface area contributed by atoms with Gasteiger partial charge in [0.25, 0.3) is 0 Å². The second-order valence-electron chi connectivity index (χ2n) is 7.22. The fourth-order valence-electron chi connectivity index (χ4n) is 3.93. The van der Waals surface area contributed by atoms with E-state index < -0.39 is 11.3 Å². The Bertz CT molecular complexity index is 837. The zero-order valence-electron chi connectivity index (χ0n) is 15.9. The Kier molecular flexibility index (Phi) is 5.49. The van der Waals surface area contributed by atoms with Crippen LogP contribution in [0.3, 0.4) is 0 Å². The Hall–Kier alpha value is -2.82. The summed E-state index contributed by atoms with van der Waals surface area (Å²) >= 11 is 0. The molecule has 3 rings (SSSR count). The van der Waals surface area contributed by atoms with E-state index >= 15 is 0 Å². The van der Waals surface area contributed by atoms with Gasteiger partial charge in [0.15, 0.2) is 0 Å². The van der Waals surface area contributed by atoms with E-state index in [0.29, 0.717) is 11.3 Å². The average Bonchev–Trinajstić information content (AvgIpc) is 2.69. The highest BCUT2D eigenvalue weighted by Crippen LogP contribution is 2.41. The standard InChI is InChI=1S/C22H26N2O3/c1-15-6-9-17(14-19(15)20(23)25)24-21(26)22(12-4-3-5-13-22)16-7-10-18(27-2)11-8-16/h6-11,14H,3-5,12-13H2,1-2H3,(H2,23,25)(H,24,26). The highest BCUT2D eigenvalue weighted by atomic mass is 16.5. The summed E-state index contributed by atoms with van der Waals surface area (Å²) in [6.45, 7) is 1.83. The largest absolute Gasteiger partial charge is 0.497 e. The molecule has 0 bridgehead atoms. The SMILES string of the molecule is COc1ccc(C2(C(=O)Nc3ccc(C)c(C(N)=O)c3)CCCCC2)cc1. The van der Waals surface area contributed by atoms with Gasteiger partial charge in [-0.25, -0.2) is 0 Å². The molecule has 2 aromatic carbocycles. The van der Waals surface area contributed by atoms with E-state index in [0.717, 1.165) is 49.0 Å². The van der Waals surface area contributed by atoms with Crippen LogP contribution in [0, 0.1) is 6.92 Å². The maximum Gasteiger partial charge on any atom is 0.249 e. The lowest BCUT2D eigenvalue weighted by Gasteiger charge is -2.36. The minimum atomic E-state index is -0.567. The van der Waals surface area contributed by atoms with Crippen molar-refractivity contribution in [2.75, 3.05) is 12.4 Å². The fourth-order valence-corrected chi connectivity index (χ4v) is 3.93. The first-order chi connectivity index (χ1) is 13.0. The molecule has 5 heteroatoms. The third-order valence-electron chi connectivity index (χ3n) is 5.55. The fraction of sp³-hybridized carbons (Fsp3) is 0.364. The van der Waals surface area contributed by atoms with Gasteiger partial charge in [0.1, 0.15) is 5.75 Å². The molecule has 0 spiro atoms. The van der Waals surface area contributed by atoms with Crippen molar-refractivity contribution in [1.82, 2.24) is 0 Å². The summed E-state index contributed by atoms with van der Waals surface area (Å²) in [5, 5.41) is 3.02. The summed E-state index contributed by atoms with van der Waals surface area (Å²) < 4.78 is 5.25. The number of rotatable bonds is 5. The summed E-state index contributed by atoms with van der Waals surface area (Å²) in [6.07, 6.45) is 4.78. The van der Waals surface area contributed by atoms with Crippen LogP contribution in [-0.4, -0.2) is 18.9 Å². The molecule has 0 aliphatic heterocycles. The minimum Gasteiger partial charge on any atom is -0.497 e. The van der Waals surface area contributed by atoms with Gasteiger partial charge in [0.05, 0.1) is 12.5 Å². The number of ether oxygens (including phenoxy) is 1. The lowest BCUT2D eigenvalue weighted by Crippen LogP contribution is -2.42. The molecular formula is C22H26N2O3. The van der Waals surface area contributed by atoms with Crippen molar-refractivity contribution in [3.05, 3.63) is 59.2 Å². The van der Waals surface area contributed by atoms with Gasteiger partial charge in [0.2, 0.25) is 11.8 Å². The summed E-state index contributed by atoms with van der Waals surface area (Å²) in [5.41, 5.74) is 7.69. The van der Waals surface area contributed by atoms with Crippen molar-refractivity contribution in [3.63, 3.8) is 0 Å². The van der Waals surface area contributed by atoms with Gasteiger partial charge < -0.3 is 15.8 Å². The van der Waals surface area contributed by atoms with Crippen molar-refractivity contribution >= 4 is 17.5 Å². The highest BCUT2D eigenvalue weighted by molar-refractivity contribution is 6.01. The van der Waals surface area contributed by atoms with E-state index in [9.17, 15) is 9.59 Å². The molecule has 0 aromatic heterocycles. The molecule has 1 aliphatic rings. The third kappa shape index (κ3) is 3.82. The van der Waals surface area contributed by atoms with Gasteiger partial charge in [-0.1, -0.05) is 37.5 Å². The molecular weight excluding hydrogens is 340 g/mol. The first-order valence-electron chi connectivity index (χ1n) is 9.33. The van der Waals surface area contributed by atoms with E-state index in [2.05, 4.69) is 5.32 Å². The zero-order chi connectivity index (χ0) is 19.4. The molecule has 2 amide bonds. The molecule has 0 radical (unpaired) electrons. The maximum atomic E-state index is 13.4. The van der Waals surface area contributed by atoms with Crippen LogP contribution in [0.2, 0.25) is 0 Å². The van der Waals surface area contributed by atoms with Gasteiger partial charge >= 0.3 is 0 Å². The Morgan fingerprint density at radius 2 is 1.70 bits per heavy atom. The quantitative estimate of drug-likeness (QED) is 0.841. The summed E-state index contributed by atoms with van der Waals surface area (Å²) in [4.78, 5) is 25.0. The van der Waals surface area contributed by atoms with Crippen molar-refractivity contribution in [2.24, 2.45) is 5.73 Å². The van der Waals surface area contributed by atoms with Crippen LogP contribution >= 0.6 is 0 Å². The molecule has 1 aliphatic carbocycles. The molecule has 3 N–H and O–H groups in total. The van der Waals surface area contributed by atoms with Gasteiger partial charge in [-0.2, -0.15) is 0 Å². The monoisotopic (exact) mass is 366 g/mol. The number of hydrogen-bond donors (Lipinski definition) is 2. The lowest BCUT2D eigenvalue weighted by molar-refractivity contribution is -0.122. The van der Waals surface area contributed by atoms with Crippen LogP contribution < -0.4 is 15.8 Å². The van der Waals surface area contributed by atoms with E-state index in [4.69, 9.17) is 10.5 Å². The summed E-state index contributed by atoms with van der Waals surface area (Å²) in [7, 11) is 1.63. The van der Waals surface area contributed by atoms with Gasteiger partial charge in [-0.15, -0.1) is 0 Å². The number of benzene rings is 2. The normalized spacial score (nSPS) is 15.8. The highest BCUT2D eigenvalue weighted by Gasteiger charge is 2.41. The molecule has 0 atom stereocenters. The smallest absolute Gasteiger partial charge is 0.249 e. The molecule has 0 heterocycles. The van der Waals surface area contributed by atoms with Crippen LogP contribution in [-0.2, 0) is 10.2 Å². The number of nitrogens with one attached hydrogen (secondary N) is 1. The van der Waals surface area contributed by atoms with Crippen molar-refractivity contribution < 1.29 is 14.3 Å². The molecule has 0 unspecified atom stereocenters. The van der Waals surface area contributed by atoms with Crippen LogP contribution in [0.1, 0.15) is 53.6 Å². The van der Waals surface area contributed by atoms with Crippen LogP contribution in [0.5, 0.6) is 5.75 Å². The Labute approximate surface area is 159 Å². The second-order valence-corrected chi connectivity index (χ2v) is 7.22. The van der Waals surface area contributed by atoms with Crippen LogP contribution in [0.15, 0.2) is 42.5 Å². The average molecular weight is 366 g/mol. The zero-order valence-corrected chi connectivity index (χ0v) is 15.9. The molecule has 5 nitrogen and oxygen atoms in total. The Balaban J connectivity index is 1.92. The number of methoxy groups -OCH3 is 1. The van der Waals surface area contributed by atoms with E-state index in [1.54, 1.807) is 19.2 Å².